The maximum atomic E-state index is 3.54. The molecule has 1 aromatic heterocycles. The number of thiophene rings is 1. The van der Waals surface area contributed by atoms with Crippen LogP contribution in [0.4, 0.5) is 0 Å². The van der Waals surface area contributed by atoms with Crippen LogP contribution in [0.1, 0.15) is 0 Å². The second-order valence-electron chi connectivity index (χ2n) is 2.33. The summed E-state index contributed by atoms with van der Waals surface area (Å²) in [4.78, 5) is 0. The molecule has 62 valence electrons. The van der Waals surface area contributed by atoms with E-state index in [2.05, 4.69) is 78.6 Å². The molecule has 0 N–H and O–H groups in total. The predicted molar refractivity (Wildman–Crippen MR) is 75.0 cm³/mol. The maximum Gasteiger partial charge on any atom is 0.0487 e. The Morgan fingerprint density at radius 1 is 1.25 bits per heavy atom. The molecule has 0 unspecified atom stereocenters. The first kappa shape index (κ1) is 9.67. The molecule has 0 amide bonds. The molecule has 4 heteroatoms. The summed E-state index contributed by atoms with van der Waals surface area (Å²) in [6, 6.07) is 4.33. The van der Waals surface area contributed by atoms with Crippen LogP contribution in [0.2, 0.25) is 0 Å². The highest BCUT2D eigenvalue weighted by molar-refractivity contribution is 14.1. The standard InChI is InChI=1S/C8H3BrI2S/c9-5-3-4-1-2-12-8(4)7(11)6(5)10/h1-3H. The van der Waals surface area contributed by atoms with Crippen LogP contribution >= 0.6 is 72.4 Å². The summed E-state index contributed by atoms with van der Waals surface area (Å²) in [6.45, 7) is 0. The van der Waals surface area contributed by atoms with Crippen molar-refractivity contribution in [2.75, 3.05) is 0 Å². The predicted octanol–water partition coefficient (Wildman–Crippen LogP) is 4.87. The van der Waals surface area contributed by atoms with Gasteiger partial charge in [-0.05, 0) is 84.0 Å². The van der Waals surface area contributed by atoms with E-state index < -0.39 is 0 Å². The van der Waals surface area contributed by atoms with Crippen LogP contribution in [0.5, 0.6) is 0 Å². The van der Waals surface area contributed by atoms with Gasteiger partial charge in [0.1, 0.15) is 0 Å². The van der Waals surface area contributed by atoms with Gasteiger partial charge in [-0.3, -0.25) is 0 Å². The molecule has 0 aliphatic carbocycles. The summed E-state index contributed by atoms with van der Waals surface area (Å²) in [7, 11) is 0. The van der Waals surface area contributed by atoms with Crippen LogP contribution in [0.15, 0.2) is 22.0 Å². The van der Waals surface area contributed by atoms with Gasteiger partial charge in [0.05, 0.1) is 0 Å². The molecule has 0 spiro atoms. The fourth-order valence-corrected chi connectivity index (χ4v) is 4.24. The summed E-state index contributed by atoms with van der Waals surface area (Å²) >= 11 is 10.1. The molecule has 12 heavy (non-hydrogen) atoms. The number of hydrogen-bond donors (Lipinski definition) is 0. The molecule has 0 nitrogen and oxygen atoms in total. The zero-order valence-electron chi connectivity index (χ0n) is 5.77. The summed E-state index contributed by atoms with van der Waals surface area (Å²) in [5.41, 5.74) is 0. The van der Waals surface area contributed by atoms with Crippen LogP contribution < -0.4 is 0 Å². The third-order valence-corrected chi connectivity index (χ3v) is 7.49. The second-order valence-corrected chi connectivity index (χ2v) is 6.25. The zero-order valence-corrected chi connectivity index (χ0v) is 12.5. The Labute approximate surface area is 110 Å². The monoisotopic (exact) mass is 464 g/mol. The van der Waals surface area contributed by atoms with Crippen LogP contribution in [-0.2, 0) is 0 Å². The van der Waals surface area contributed by atoms with E-state index in [1.165, 1.54) is 21.7 Å². The van der Waals surface area contributed by atoms with Gasteiger partial charge in [-0.25, -0.2) is 0 Å². The molecule has 0 bridgehead atoms. The molecule has 2 aromatic rings. The van der Waals surface area contributed by atoms with Crippen molar-refractivity contribution in [2.45, 2.75) is 0 Å². The molecule has 2 rings (SSSR count). The molecule has 0 saturated carbocycles. The van der Waals surface area contributed by atoms with Crippen molar-refractivity contribution < 1.29 is 0 Å². The van der Waals surface area contributed by atoms with Gasteiger partial charge in [0, 0.05) is 16.3 Å². The highest BCUT2D eigenvalue weighted by atomic mass is 127. The highest BCUT2D eigenvalue weighted by Gasteiger charge is 2.07. The van der Waals surface area contributed by atoms with Crippen molar-refractivity contribution in [3.05, 3.63) is 29.1 Å². The molecule has 0 saturated heterocycles. The number of halogens is 3. The van der Waals surface area contributed by atoms with Crippen molar-refractivity contribution >= 4 is 82.5 Å². The van der Waals surface area contributed by atoms with E-state index in [1.807, 2.05) is 0 Å². The quantitative estimate of drug-likeness (QED) is 0.385. The molecule has 0 aliphatic rings. The molecule has 0 fully saturated rings. The van der Waals surface area contributed by atoms with Crippen molar-refractivity contribution in [1.29, 1.82) is 0 Å². The molecule has 1 heterocycles. The van der Waals surface area contributed by atoms with E-state index in [0.717, 1.165) is 0 Å². The third-order valence-electron chi connectivity index (χ3n) is 1.58. The van der Waals surface area contributed by atoms with E-state index in [-0.39, 0.29) is 0 Å². The third kappa shape index (κ3) is 1.55. The van der Waals surface area contributed by atoms with Crippen molar-refractivity contribution in [2.24, 2.45) is 0 Å². The maximum absolute atomic E-state index is 3.54. The van der Waals surface area contributed by atoms with E-state index in [9.17, 15) is 0 Å². The van der Waals surface area contributed by atoms with Crippen molar-refractivity contribution in [1.82, 2.24) is 0 Å². The lowest BCUT2D eigenvalue weighted by Gasteiger charge is -2.00. The van der Waals surface area contributed by atoms with Gasteiger partial charge in [-0.15, -0.1) is 11.3 Å². The Bertz CT molecular complexity index is 436. The summed E-state index contributed by atoms with van der Waals surface area (Å²) in [5, 5.41) is 3.46. The Morgan fingerprint density at radius 3 is 2.75 bits per heavy atom. The number of benzene rings is 1. The smallest absolute Gasteiger partial charge is 0.0487 e. The van der Waals surface area contributed by atoms with Crippen LogP contribution in [0.25, 0.3) is 10.1 Å². The average molecular weight is 465 g/mol. The summed E-state index contributed by atoms with van der Waals surface area (Å²) in [5.74, 6) is 0. The fourth-order valence-electron chi connectivity index (χ4n) is 1.02. The van der Waals surface area contributed by atoms with Gasteiger partial charge in [-0.2, -0.15) is 0 Å². The lowest BCUT2D eigenvalue weighted by Crippen LogP contribution is -1.80. The minimum Gasteiger partial charge on any atom is -0.143 e. The Kier molecular flexibility index (Phi) is 2.98. The van der Waals surface area contributed by atoms with Gasteiger partial charge in [0.25, 0.3) is 0 Å². The first-order valence-electron chi connectivity index (χ1n) is 3.21. The second kappa shape index (κ2) is 3.70. The van der Waals surface area contributed by atoms with Gasteiger partial charge in [0.15, 0.2) is 0 Å². The van der Waals surface area contributed by atoms with E-state index in [1.54, 1.807) is 11.3 Å². The van der Waals surface area contributed by atoms with E-state index >= 15 is 0 Å². The molecule has 0 atom stereocenters. The SMILES string of the molecule is Brc1cc2ccsc2c(I)c1I. The molecular weight excluding hydrogens is 462 g/mol. The number of fused-ring (bicyclic) bond motifs is 1. The lowest BCUT2D eigenvalue weighted by atomic mass is 10.3. The average Bonchev–Trinajstić information content (AvgIpc) is 2.48. The summed E-state index contributed by atoms with van der Waals surface area (Å²) < 4.78 is 5.25. The Balaban J connectivity index is 2.94. The normalized spacial score (nSPS) is 10.9. The van der Waals surface area contributed by atoms with Crippen molar-refractivity contribution in [3.63, 3.8) is 0 Å². The first-order chi connectivity index (χ1) is 5.70. The van der Waals surface area contributed by atoms with Gasteiger partial charge in [0.2, 0.25) is 0 Å². The van der Waals surface area contributed by atoms with Crippen LogP contribution in [0.3, 0.4) is 0 Å². The molecule has 0 radical (unpaired) electrons. The fraction of sp³-hybridized carbons (Fsp3) is 0. The van der Waals surface area contributed by atoms with Gasteiger partial charge >= 0.3 is 0 Å². The number of rotatable bonds is 0. The van der Waals surface area contributed by atoms with Gasteiger partial charge in [-0.1, -0.05) is 0 Å². The van der Waals surface area contributed by atoms with Gasteiger partial charge < -0.3 is 0 Å². The van der Waals surface area contributed by atoms with Crippen molar-refractivity contribution in [3.8, 4) is 0 Å². The molecule has 1 aromatic carbocycles. The molecular formula is C8H3BrI2S. The van der Waals surface area contributed by atoms with Crippen LogP contribution in [-0.4, -0.2) is 0 Å². The molecule has 0 aliphatic heterocycles. The first-order valence-corrected chi connectivity index (χ1v) is 7.04. The zero-order chi connectivity index (χ0) is 8.72. The topological polar surface area (TPSA) is 0 Å². The Morgan fingerprint density at radius 2 is 2.00 bits per heavy atom. The summed E-state index contributed by atoms with van der Waals surface area (Å²) in [6.07, 6.45) is 0. The highest BCUT2D eigenvalue weighted by Crippen LogP contribution is 2.34. The number of hydrogen-bond acceptors (Lipinski definition) is 1. The lowest BCUT2D eigenvalue weighted by molar-refractivity contribution is 1.63. The van der Waals surface area contributed by atoms with Crippen LogP contribution in [0, 0.1) is 7.14 Å². The Hall–Kier alpha value is 1.12. The largest absolute Gasteiger partial charge is 0.143 e. The minimum absolute atomic E-state index is 1.19. The van der Waals surface area contributed by atoms with E-state index in [4.69, 9.17) is 0 Å². The van der Waals surface area contributed by atoms with E-state index in [0.29, 0.717) is 0 Å². The minimum atomic E-state index is 1.19.